The van der Waals surface area contributed by atoms with Crippen molar-refractivity contribution in [1.82, 2.24) is 15.2 Å². The van der Waals surface area contributed by atoms with Gasteiger partial charge >= 0.3 is 0 Å². The highest BCUT2D eigenvalue weighted by Crippen LogP contribution is 2.41. The summed E-state index contributed by atoms with van der Waals surface area (Å²) in [6.07, 6.45) is 6.02. The number of ether oxygens (including phenoxy) is 1. The van der Waals surface area contributed by atoms with Crippen LogP contribution in [0.25, 0.3) is 10.9 Å². The largest absolute Gasteiger partial charge is 0.381 e. The van der Waals surface area contributed by atoms with Gasteiger partial charge in [0, 0.05) is 44.9 Å². The second-order valence-corrected chi connectivity index (χ2v) is 8.99. The van der Waals surface area contributed by atoms with Crippen LogP contribution in [-0.4, -0.2) is 49.9 Å². The normalized spacial score (nSPS) is 19.1. The predicted molar refractivity (Wildman–Crippen MR) is 123 cm³/mol. The first-order chi connectivity index (χ1) is 15.5. The second kappa shape index (κ2) is 9.61. The van der Waals surface area contributed by atoms with E-state index in [-0.39, 0.29) is 18.4 Å². The number of nitrogens with one attached hydrogen (secondary N) is 2. The zero-order valence-electron chi connectivity index (χ0n) is 19.4. The minimum atomic E-state index is -0.642. The van der Waals surface area contributed by atoms with E-state index in [1.165, 1.54) is 11.3 Å². The van der Waals surface area contributed by atoms with E-state index in [0.717, 1.165) is 61.8 Å². The fraction of sp³-hybridized carbons (Fsp3) is 0.600. The Hall–Kier alpha value is -2.41. The van der Waals surface area contributed by atoms with Gasteiger partial charge < -0.3 is 19.9 Å². The van der Waals surface area contributed by atoms with Crippen molar-refractivity contribution in [3.05, 3.63) is 34.0 Å². The summed E-state index contributed by atoms with van der Waals surface area (Å²) >= 11 is 0. The molecule has 2 aliphatic rings. The fourth-order valence-electron chi connectivity index (χ4n) is 5.82. The van der Waals surface area contributed by atoms with Gasteiger partial charge in [0.15, 0.2) is 0 Å². The Kier molecular flexibility index (Phi) is 6.84. The molecule has 1 unspecified atom stereocenters. The van der Waals surface area contributed by atoms with Gasteiger partial charge in [0.05, 0.1) is 16.6 Å². The fourth-order valence-corrected chi connectivity index (χ4v) is 5.82. The number of carbonyl (C=O) groups excluding carboxylic acids is 2. The lowest BCUT2D eigenvalue weighted by Crippen LogP contribution is -2.30. The first-order valence-electron chi connectivity index (χ1n) is 11.8. The lowest BCUT2D eigenvalue weighted by molar-refractivity contribution is 0.0439. The van der Waals surface area contributed by atoms with Crippen LogP contribution in [0.5, 0.6) is 0 Å². The monoisotopic (exact) mass is 443 g/mol. The van der Waals surface area contributed by atoms with Crippen LogP contribution in [0, 0.1) is 11.8 Å². The zero-order valence-corrected chi connectivity index (χ0v) is 19.4. The third-order valence-corrected chi connectivity index (χ3v) is 7.40. The molecule has 7 heteroatoms. The molecule has 0 bridgehead atoms. The SMILES string of the molecule is CCc1c(C(=O)NCCF)c(C(=O)NC)cc2c3c(n(C)c12)CCC(C1CCOCC1)C3. The van der Waals surface area contributed by atoms with Crippen molar-refractivity contribution < 1.29 is 18.7 Å². The van der Waals surface area contributed by atoms with Gasteiger partial charge in [0.25, 0.3) is 11.8 Å². The third-order valence-electron chi connectivity index (χ3n) is 7.40. The Morgan fingerprint density at radius 1 is 1.19 bits per heavy atom. The molecule has 0 radical (unpaired) electrons. The maximum absolute atomic E-state index is 13.0. The van der Waals surface area contributed by atoms with E-state index in [0.29, 0.717) is 29.4 Å². The quantitative estimate of drug-likeness (QED) is 0.719. The first kappa shape index (κ1) is 22.8. The molecule has 2 amide bonds. The van der Waals surface area contributed by atoms with Crippen molar-refractivity contribution >= 4 is 22.7 Å². The molecule has 2 heterocycles. The summed E-state index contributed by atoms with van der Waals surface area (Å²) in [5.74, 6) is 0.626. The molecule has 0 spiro atoms. The highest BCUT2D eigenvalue weighted by molar-refractivity contribution is 6.12. The number of alkyl halides is 1. The zero-order chi connectivity index (χ0) is 22.8. The minimum Gasteiger partial charge on any atom is -0.381 e. The van der Waals surface area contributed by atoms with Crippen molar-refractivity contribution in [1.29, 1.82) is 0 Å². The van der Waals surface area contributed by atoms with Gasteiger partial charge in [-0.3, -0.25) is 9.59 Å². The molecule has 32 heavy (non-hydrogen) atoms. The first-order valence-corrected chi connectivity index (χ1v) is 11.8. The lowest BCUT2D eigenvalue weighted by atomic mass is 9.75. The number of amides is 2. The van der Waals surface area contributed by atoms with Gasteiger partial charge in [-0.05, 0) is 67.6 Å². The Morgan fingerprint density at radius 2 is 1.94 bits per heavy atom. The van der Waals surface area contributed by atoms with Crippen LogP contribution in [0.2, 0.25) is 0 Å². The molecule has 1 fully saturated rings. The lowest BCUT2D eigenvalue weighted by Gasteiger charge is -2.33. The minimum absolute atomic E-state index is 0.0658. The number of rotatable bonds is 6. The second-order valence-electron chi connectivity index (χ2n) is 8.99. The van der Waals surface area contributed by atoms with Gasteiger partial charge in [-0.1, -0.05) is 6.92 Å². The van der Waals surface area contributed by atoms with Crippen LogP contribution in [0.15, 0.2) is 6.07 Å². The van der Waals surface area contributed by atoms with E-state index in [9.17, 15) is 14.0 Å². The molecule has 1 aromatic heterocycles. The molecule has 2 N–H and O–H groups in total. The van der Waals surface area contributed by atoms with E-state index in [4.69, 9.17) is 4.74 Å². The van der Waals surface area contributed by atoms with Crippen molar-refractivity contribution in [3.8, 4) is 0 Å². The van der Waals surface area contributed by atoms with Crippen molar-refractivity contribution in [3.63, 3.8) is 0 Å². The number of benzene rings is 1. The van der Waals surface area contributed by atoms with Crippen LogP contribution in [0.4, 0.5) is 4.39 Å². The molecular weight excluding hydrogens is 409 g/mol. The molecule has 2 aromatic rings. The molecular formula is C25H34FN3O3. The van der Waals surface area contributed by atoms with E-state index >= 15 is 0 Å². The van der Waals surface area contributed by atoms with Gasteiger partial charge in [-0.25, -0.2) is 4.39 Å². The standard InChI is InChI=1S/C25H34FN3O3/c1-4-17-22(25(31)28-10-9-26)20(24(30)27-2)14-19-18-13-16(15-7-11-32-12-8-15)5-6-21(18)29(3)23(17)19/h14-16H,4-13H2,1-3H3,(H,27,30)(H,28,31). The molecule has 1 aliphatic heterocycles. The summed E-state index contributed by atoms with van der Waals surface area (Å²) in [7, 11) is 3.64. The molecule has 174 valence electrons. The Labute approximate surface area is 188 Å². The van der Waals surface area contributed by atoms with E-state index < -0.39 is 6.67 Å². The summed E-state index contributed by atoms with van der Waals surface area (Å²) < 4.78 is 20.5. The number of hydrogen-bond donors (Lipinski definition) is 2. The van der Waals surface area contributed by atoms with Crippen LogP contribution >= 0.6 is 0 Å². The van der Waals surface area contributed by atoms with E-state index in [1.54, 1.807) is 7.05 Å². The number of carbonyl (C=O) groups is 2. The molecule has 1 atom stereocenters. The Balaban J connectivity index is 1.86. The number of fused-ring (bicyclic) bond motifs is 3. The molecule has 0 saturated carbocycles. The average Bonchev–Trinajstić information content (AvgIpc) is 3.12. The Bertz CT molecular complexity index is 1020. The Morgan fingerprint density at radius 3 is 2.59 bits per heavy atom. The van der Waals surface area contributed by atoms with Crippen molar-refractivity contribution in [2.75, 3.05) is 33.5 Å². The number of hydrogen-bond acceptors (Lipinski definition) is 3. The number of aryl methyl sites for hydroxylation is 2. The average molecular weight is 444 g/mol. The summed E-state index contributed by atoms with van der Waals surface area (Å²) in [6.45, 7) is 3.00. The molecule has 1 saturated heterocycles. The molecule has 6 nitrogen and oxygen atoms in total. The van der Waals surface area contributed by atoms with Crippen LogP contribution in [0.3, 0.4) is 0 Å². The maximum Gasteiger partial charge on any atom is 0.252 e. The van der Waals surface area contributed by atoms with E-state index in [2.05, 4.69) is 22.2 Å². The van der Waals surface area contributed by atoms with Crippen molar-refractivity contribution in [2.45, 2.75) is 45.4 Å². The summed E-state index contributed by atoms with van der Waals surface area (Å²) in [5, 5.41) is 6.39. The van der Waals surface area contributed by atoms with Crippen LogP contribution < -0.4 is 10.6 Å². The highest BCUT2D eigenvalue weighted by atomic mass is 19.1. The molecule has 1 aromatic carbocycles. The summed E-state index contributed by atoms with van der Waals surface area (Å²) in [5.41, 5.74) is 5.25. The van der Waals surface area contributed by atoms with Gasteiger partial charge in [0.2, 0.25) is 0 Å². The predicted octanol–water partition coefficient (Wildman–Crippen LogP) is 3.33. The van der Waals surface area contributed by atoms with Crippen LogP contribution in [-0.2, 0) is 31.0 Å². The number of halogens is 1. The van der Waals surface area contributed by atoms with E-state index in [1.807, 2.05) is 13.0 Å². The molecule has 1 aliphatic carbocycles. The number of nitrogens with zero attached hydrogens (tertiary/aromatic N) is 1. The van der Waals surface area contributed by atoms with Crippen molar-refractivity contribution in [2.24, 2.45) is 18.9 Å². The van der Waals surface area contributed by atoms with Gasteiger partial charge in [-0.2, -0.15) is 0 Å². The maximum atomic E-state index is 13.0. The highest BCUT2D eigenvalue weighted by Gasteiger charge is 2.33. The smallest absolute Gasteiger partial charge is 0.252 e. The molecule has 4 rings (SSSR count). The third kappa shape index (κ3) is 3.91. The topological polar surface area (TPSA) is 72.4 Å². The number of aromatic nitrogens is 1. The van der Waals surface area contributed by atoms with Gasteiger partial charge in [-0.15, -0.1) is 0 Å². The summed E-state index contributed by atoms with van der Waals surface area (Å²) in [6, 6.07) is 1.89. The summed E-state index contributed by atoms with van der Waals surface area (Å²) in [4.78, 5) is 25.8. The van der Waals surface area contributed by atoms with Crippen LogP contribution in [0.1, 0.15) is 63.7 Å². The van der Waals surface area contributed by atoms with Gasteiger partial charge in [0.1, 0.15) is 6.67 Å².